The average Bonchev–Trinajstić information content (AvgIpc) is 2.92. The molecule has 1 N–H and O–H groups in total. The van der Waals surface area contributed by atoms with E-state index in [2.05, 4.69) is 5.32 Å². The SMILES string of the molecule is O=C(NC1CCCCC1)C(Cc1ccccc1)N(Cc1ccccc1F)C(=O)CCc1ccccc1Cl. The Morgan fingerprint density at radius 1 is 0.892 bits per heavy atom. The van der Waals surface area contributed by atoms with Crippen LogP contribution in [0.15, 0.2) is 78.9 Å². The van der Waals surface area contributed by atoms with Crippen molar-refractivity contribution in [1.82, 2.24) is 10.2 Å². The van der Waals surface area contributed by atoms with E-state index in [9.17, 15) is 14.0 Å². The molecule has 37 heavy (non-hydrogen) atoms. The molecule has 0 radical (unpaired) electrons. The van der Waals surface area contributed by atoms with Crippen LogP contribution in [0.3, 0.4) is 0 Å². The molecule has 1 atom stereocenters. The normalized spacial score (nSPS) is 14.6. The van der Waals surface area contributed by atoms with Gasteiger partial charge in [-0.05, 0) is 42.5 Å². The van der Waals surface area contributed by atoms with Crippen LogP contribution >= 0.6 is 11.6 Å². The van der Waals surface area contributed by atoms with Gasteiger partial charge in [-0.2, -0.15) is 0 Å². The number of nitrogens with zero attached hydrogens (tertiary/aromatic N) is 1. The number of benzene rings is 3. The first-order valence-electron chi connectivity index (χ1n) is 13.1. The summed E-state index contributed by atoms with van der Waals surface area (Å²) in [4.78, 5) is 29.1. The fourth-order valence-electron chi connectivity index (χ4n) is 4.99. The summed E-state index contributed by atoms with van der Waals surface area (Å²) in [6, 6.07) is 22.9. The second kappa shape index (κ2) is 13.4. The third kappa shape index (κ3) is 7.65. The van der Waals surface area contributed by atoms with E-state index < -0.39 is 11.9 Å². The van der Waals surface area contributed by atoms with Crippen LogP contribution in [-0.4, -0.2) is 28.8 Å². The number of halogens is 2. The second-order valence-corrected chi connectivity index (χ2v) is 10.2. The van der Waals surface area contributed by atoms with Gasteiger partial charge < -0.3 is 10.2 Å². The highest BCUT2D eigenvalue weighted by molar-refractivity contribution is 6.31. The molecule has 6 heteroatoms. The molecule has 0 saturated heterocycles. The van der Waals surface area contributed by atoms with E-state index in [1.54, 1.807) is 29.2 Å². The summed E-state index contributed by atoms with van der Waals surface area (Å²) in [6.07, 6.45) is 6.20. The highest BCUT2D eigenvalue weighted by atomic mass is 35.5. The molecule has 3 aromatic carbocycles. The Kier molecular flexibility index (Phi) is 9.72. The Morgan fingerprint density at radius 3 is 2.24 bits per heavy atom. The molecule has 1 saturated carbocycles. The van der Waals surface area contributed by atoms with Gasteiger partial charge in [-0.25, -0.2) is 4.39 Å². The summed E-state index contributed by atoms with van der Waals surface area (Å²) >= 11 is 6.33. The van der Waals surface area contributed by atoms with Crippen LogP contribution in [0.25, 0.3) is 0 Å². The molecule has 1 fully saturated rings. The molecule has 2 amide bonds. The van der Waals surface area contributed by atoms with Crippen molar-refractivity contribution >= 4 is 23.4 Å². The molecule has 0 aromatic heterocycles. The van der Waals surface area contributed by atoms with Gasteiger partial charge in [0.1, 0.15) is 11.9 Å². The molecule has 0 heterocycles. The van der Waals surface area contributed by atoms with E-state index >= 15 is 0 Å². The highest BCUT2D eigenvalue weighted by Crippen LogP contribution is 2.22. The minimum absolute atomic E-state index is 0.0175. The number of nitrogens with one attached hydrogen (secondary N) is 1. The Labute approximate surface area is 223 Å². The lowest BCUT2D eigenvalue weighted by Crippen LogP contribution is -2.53. The van der Waals surface area contributed by atoms with Crippen molar-refractivity contribution in [3.05, 3.63) is 106 Å². The topological polar surface area (TPSA) is 49.4 Å². The summed E-state index contributed by atoms with van der Waals surface area (Å²) in [6.45, 7) is 0.0175. The zero-order chi connectivity index (χ0) is 26.0. The molecule has 4 rings (SSSR count). The number of amides is 2. The van der Waals surface area contributed by atoms with Crippen molar-refractivity contribution in [3.63, 3.8) is 0 Å². The van der Waals surface area contributed by atoms with E-state index in [0.29, 0.717) is 23.4 Å². The summed E-state index contributed by atoms with van der Waals surface area (Å²) < 4.78 is 14.7. The predicted molar refractivity (Wildman–Crippen MR) is 146 cm³/mol. The number of carbonyl (C=O) groups is 2. The highest BCUT2D eigenvalue weighted by Gasteiger charge is 2.32. The predicted octanol–water partition coefficient (Wildman–Crippen LogP) is 6.50. The lowest BCUT2D eigenvalue weighted by Gasteiger charge is -2.33. The molecular formula is C31H34ClFN2O2. The fraction of sp³-hybridized carbons (Fsp3) is 0.355. The summed E-state index contributed by atoms with van der Waals surface area (Å²) in [7, 11) is 0. The first-order valence-corrected chi connectivity index (χ1v) is 13.5. The molecule has 194 valence electrons. The Bertz CT molecular complexity index is 1180. The van der Waals surface area contributed by atoms with E-state index in [0.717, 1.165) is 36.8 Å². The molecular weight excluding hydrogens is 487 g/mol. The Hall–Kier alpha value is -3.18. The molecule has 0 spiro atoms. The second-order valence-electron chi connectivity index (χ2n) is 9.75. The van der Waals surface area contributed by atoms with Gasteiger partial charge in [-0.1, -0.05) is 97.6 Å². The fourth-order valence-corrected chi connectivity index (χ4v) is 5.22. The number of carbonyl (C=O) groups excluding carboxylic acids is 2. The summed E-state index contributed by atoms with van der Waals surface area (Å²) in [5, 5.41) is 3.81. The minimum Gasteiger partial charge on any atom is -0.352 e. The van der Waals surface area contributed by atoms with Gasteiger partial charge >= 0.3 is 0 Å². The van der Waals surface area contributed by atoms with Crippen LogP contribution in [0.4, 0.5) is 4.39 Å². The van der Waals surface area contributed by atoms with Crippen molar-refractivity contribution in [2.75, 3.05) is 0 Å². The van der Waals surface area contributed by atoms with Gasteiger partial charge in [0.15, 0.2) is 0 Å². The number of rotatable bonds is 10. The standard InChI is InChI=1S/C31H34ClFN2O2/c32-27-17-9-7-13-24(27)19-20-30(36)35(22-25-14-8-10-18-28(25)33)29(21-23-11-3-1-4-12-23)31(37)34-26-15-5-2-6-16-26/h1,3-4,7-14,17-18,26,29H,2,5-6,15-16,19-22H2,(H,34,37). The summed E-state index contributed by atoms with van der Waals surface area (Å²) in [5.41, 5.74) is 2.20. The number of hydrogen-bond acceptors (Lipinski definition) is 2. The lowest BCUT2D eigenvalue weighted by molar-refractivity contribution is -0.141. The molecule has 3 aromatic rings. The molecule has 1 unspecified atom stereocenters. The largest absolute Gasteiger partial charge is 0.352 e. The first-order chi connectivity index (χ1) is 18.0. The van der Waals surface area contributed by atoms with E-state index in [-0.39, 0.29) is 30.8 Å². The maximum absolute atomic E-state index is 14.7. The average molecular weight is 521 g/mol. The molecule has 4 nitrogen and oxygen atoms in total. The van der Waals surface area contributed by atoms with Gasteiger partial charge in [-0.15, -0.1) is 0 Å². The van der Waals surface area contributed by atoms with Crippen molar-refractivity contribution in [3.8, 4) is 0 Å². The number of aryl methyl sites for hydroxylation is 1. The van der Waals surface area contributed by atoms with E-state index in [1.165, 1.54) is 12.5 Å². The molecule has 0 aliphatic heterocycles. The lowest BCUT2D eigenvalue weighted by atomic mass is 9.94. The van der Waals surface area contributed by atoms with Gasteiger partial charge in [0.25, 0.3) is 0 Å². The van der Waals surface area contributed by atoms with Gasteiger partial charge in [0.05, 0.1) is 0 Å². The minimum atomic E-state index is -0.761. The monoisotopic (exact) mass is 520 g/mol. The van der Waals surface area contributed by atoms with E-state index in [4.69, 9.17) is 11.6 Å². The summed E-state index contributed by atoms with van der Waals surface area (Å²) in [5.74, 6) is -0.779. The Balaban J connectivity index is 1.62. The van der Waals surface area contributed by atoms with Crippen molar-refractivity contribution in [1.29, 1.82) is 0 Å². The van der Waals surface area contributed by atoms with Crippen molar-refractivity contribution in [2.45, 2.75) is 70.0 Å². The molecule has 1 aliphatic carbocycles. The first kappa shape index (κ1) is 26.9. The number of hydrogen-bond donors (Lipinski definition) is 1. The van der Waals surface area contributed by atoms with Crippen LogP contribution in [0.1, 0.15) is 55.2 Å². The molecule has 0 bridgehead atoms. The van der Waals surface area contributed by atoms with Crippen LogP contribution in [-0.2, 0) is 29.0 Å². The zero-order valence-electron chi connectivity index (χ0n) is 21.0. The zero-order valence-corrected chi connectivity index (χ0v) is 21.8. The van der Waals surface area contributed by atoms with Gasteiger partial charge in [-0.3, -0.25) is 9.59 Å². The van der Waals surface area contributed by atoms with Gasteiger partial charge in [0, 0.05) is 36.0 Å². The van der Waals surface area contributed by atoms with Crippen LogP contribution in [0, 0.1) is 5.82 Å². The maximum atomic E-state index is 14.7. The third-order valence-electron chi connectivity index (χ3n) is 7.09. The van der Waals surface area contributed by atoms with Crippen molar-refractivity contribution < 1.29 is 14.0 Å². The molecule has 1 aliphatic rings. The van der Waals surface area contributed by atoms with Gasteiger partial charge in [0.2, 0.25) is 11.8 Å². The van der Waals surface area contributed by atoms with E-state index in [1.807, 2.05) is 48.5 Å². The van der Waals surface area contributed by atoms with Crippen LogP contribution in [0.2, 0.25) is 5.02 Å². The van der Waals surface area contributed by atoms with Crippen LogP contribution in [0.5, 0.6) is 0 Å². The third-order valence-corrected chi connectivity index (χ3v) is 7.46. The quantitative estimate of drug-likeness (QED) is 0.331. The van der Waals surface area contributed by atoms with Crippen molar-refractivity contribution in [2.24, 2.45) is 0 Å². The van der Waals surface area contributed by atoms with Crippen LogP contribution < -0.4 is 5.32 Å². The Morgan fingerprint density at radius 2 is 1.54 bits per heavy atom. The maximum Gasteiger partial charge on any atom is 0.243 e. The smallest absolute Gasteiger partial charge is 0.243 e.